The van der Waals surface area contributed by atoms with Crippen molar-refractivity contribution in [3.8, 4) is 0 Å². The van der Waals surface area contributed by atoms with E-state index in [4.69, 9.17) is 4.74 Å². The third-order valence-corrected chi connectivity index (χ3v) is 5.96. The molecule has 0 amide bonds. The molecule has 20 heavy (non-hydrogen) atoms. The van der Waals surface area contributed by atoms with Gasteiger partial charge in [-0.05, 0) is 19.1 Å². The number of hydrogen-bond acceptors (Lipinski definition) is 4. The molecule has 1 aromatic carbocycles. The molecule has 7 heteroatoms. The van der Waals surface area contributed by atoms with Crippen LogP contribution in [0.2, 0.25) is 0 Å². The van der Waals surface area contributed by atoms with Crippen molar-refractivity contribution in [2.75, 3.05) is 17.5 Å². The van der Waals surface area contributed by atoms with Crippen molar-refractivity contribution in [3.63, 3.8) is 0 Å². The molecule has 5 nitrogen and oxygen atoms in total. The monoisotopic (exact) mass is 409 g/mol. The minimum atomic E-state index is -3.57. The summed E-state index contributed by atoms with van der Waals surface area (Å²) in [5.74, 6) is -0.340. The van der Waals surface area contributed by atoms with E-state index in [1.807, 2.05) is 6.92 Å². The first kappa shape index (κ1) is 15.7. The number of alkyl halides is 1. The molecule has 110 valence electrons. The van der Waals surface area contributed by atoms with Crippen molar-refractivity contribution >= 4 is 38.6 Å². The first-order valence-corrected chi connectivity index (χ1v) is 9.22. The van der Waals surface area contributed by atoms with Crippen LogP contribution >= 0.6 is 22.6 Å². The van der Waals surface area contributed by atoms with Gasteiger partial charge in [0.2, 0.25) is 10.0 Å². The fourth-order valence-corrected chi connectivity index (χ4v) is 3.91. The Kier molecular flexibility index (Phi) is 5.03. The largest absolute Gasteiger partial charge is 0.460 e. The zero-order valence-electron chi connectivity index (χ0n) is 11.1. The SMILES string of the molecule is Cc1ccc(S(=O)(=O)N2CCC(=O)OC(CI)C2)cc1. The zero-order valence-corrected chi connectivity index (χ0v) is 14.1. The van der Waals surface area contributed by atoms with E-state index in [9.17, 15) is 13.2 Å². The number of cyclic esters (lactones) is 1. The van der Waals surface area contributed by atoms with E-state index in [1.54, 1.807) is 24.3 Å². The number of nitrogens with zero attached hydrogens (tertiary/aromatic N) is 1. The molecular weight excluding hydrogens is 393 g/mol. The number of benzene rings is 1. The summed E-state index contributed by atoms with van der Waals surface area (Å²) >= 11 is 2.09. The summed E-state index contributed by atoms with van der Waals surface area (Å²) in [7, 11) is -3.57. The van der Waals surface area contributed by atoms with Crippen molar-refractivity contribution in [2.45, 2.75) is 24.3 Å². The van der Waals surface area contributed by atoms with Crippen LogP contribution in [0.1, 0.15) is 12.0 Å². The smallest absolute Gasteiger partial charge is 0.307 e. The normalized spacial score (nSPS) is 21.3. The molecule has 2 rings (SSSR count). The fraction of sp³-hybridized carbons (Fsp3) is 0.462. The quantitative estimate of drug-likeness (QED) is 0.434. The lowest BCUT2D eigenvalue weighted by atomic mass is 10.2. The Morgan fingerprint density at radius 2 is 2.00 bits per heavy atom. The minimum absolute atomic E-state index is 0.0955. The van der Waals surface area contributed by atoms with Crippen LogP contribution in [0.15, 0.2) is 29.2 Å². The highest BCUT2D eigenvalue weighted by Crippen LogP contribution is 2.20. The molecule has 0 spiro atoms. The number of carbonyl (C=O) groups excluding carboxylic acids is 1. The zero-order chi connectivity index (χ0) is 14.8. The van der Waals surface area contributed by atoms with Crippen LogP contribution in [0.3, 0.4) is 0 Å². The molecule has 0 aliphatic carbocycles. The van der Waals surface area contributed by atoms with Gasteiger partial charge in [0.25, 0.3) is 0 Å². The number of halogens is 1. The van der Waals surface area contributed by atoms with Crippen LogP contribution < -0.4 is 0 Å². The summed E-state index contributed by atoms with van der Waals surface area (Å²) in [6, 6.07) is 6.72. The second kappa shape index (κ2) is 6.40. The van der Waals surface area contributed by atoms with E-state index < -0.39 is 10.0 Å². The second-order valence-corrected chi connectivity index (χ2v) is 7.51. The van der Waals surface area contributed by atoms with Crippen LogP contribution in [0.5, 0.6) is 0 Å². The molecule has 1 unspecified atom stereocenters. The first-order valence-electron chi connectivity index (χ1n) is 6.26. The summed E-state index contributed by atoms with van der Waals surface area (Å²) in [4.78, 5) is 11.7. The molecule has 1 aliphatic heterocycles. The van der Waals surface area contributed by atoms with Crippen LogP contribution in [0, 0.1) is 6.92 Å². The number of sulfonamides is 1. The highest BCUT2D eigenvalue weighted by atomic mass is 127. The van der Waals surface area contributed by atoms with Crippen LogP contribution in [0.25, 0.3) is 0 Å². The molecule has 0 aromatic heterocycles. The number of hydrogen-bond donors (Lipinski definition) is 0. The van der Waals surface area contributed by atoms with Gasteiger partial charge in [-0.25, -0.2) is 8.42 Å². The fourth-order valence-electron chi connectivity index (χ4n) is 1.97. The van der Waals surface area contributed by atoms with Gasteiger partial charge in [-0.3, -0.25) is 4.79 Å². The van der Waals surface area contributed by atoms with Crippen molar-refractivity contribution in [1.29, 1.82) is 0 Å². The Bertz CT molecular complexity index is 585. The molecule has 0 N–H and O–H groups in total. The van der Waals surface area contributed by atoms with Gasteiger partial charge in [0, 0.05) is 11.0 Å². The Labute approximate surface area is 132 Å². The summed E-state index contributed by atoms with van der Waals surface area (Å²) in [6.45, 7) is 2.29. The Hall–Kier alpha value is -0.670. The average molecular weight is 409 g/mol. The van der Waals surface area contributed by atoms with E-state index in [1.165, 1.54) is 4.31 Å². The standard InChI is InChI=1S/C13H16INO4S/c1-10-2-4-12(5-3-10)20(17,18)15-7-6-13(16)19-11(8-14)9-15/h2-5,11H,6-9H2,1H3. The number of carbonyl (C=O) groups is 1. The molecule has 1 aromatic rings. The number of aryl methyl sites for hydroxylation is 1. The maximum absolute atomic E-state index is 12.6. The molecule has 1 fully saturated rings. The van der Waals surface area contributed by atoms with E-state index in [0.29, 0.717) is 4.43 Å². The predicted octanol–water partition coefficient (Wildman–Crippen LogP) is 1.74. The van der Waals surface area contributed by atoms with Crippen LogP contribution in [0.4, 0.5) is 0 Å². The van der Waals surface area contributed by atoms with Gasteiger partial charge >= 0.3 is 5.97 Å². The minimum Gasteiger partial charge on any atom is -0.460 e. The molecule has 0 radical (unpaired) electrons. The second-order valence-electron chi connectivity index (χ2n) is 4.69. The molecule has 1 atom stereocenters. The Morgan fingerprint density at radius 1 is 1.35 bits per heavy atom. The van der Waals surface area contributed by atoms with Gasteiger partial charge < -0.3 is 4.74 Å². The third-order valence-electron chi connectivity index (χ3n) is 3.10. The van der Waals surface area contributed by atoms with E-state index in [-0.39, 0.29) is 36.5 Å². The Morgan fingerprint density at radius 3 is 2.60 bits per heavy atom. The van der Waals surface area contributed by atoms with Gasteiger partial charge in [0.1, 0.15) is 6.10 Å². The van der Waals surface area contributed by atoms with Crippen LogP contribution in [-0.2, 0) is 19.6 Å². The molecule has 0 saturated carbocycles. The summed E-state index contributed by atoms with van der Waals surface area (Å²) in [6.07, 6.45) is -0.288. The van der Waals surface area contributed by atoms with Crippen molar-refractivity contribution in [2.24, 2.45) is 0 Å². The van der Waals surface area contributed by atoms with Gasteiger partial charge in [-0.15, -0.1) is 0 Å². The van der Waals surface area contributed by atoms with Crippen molar-refractivity contribution in [3.05, 3.63) is 29.8 Å². The highest BCUT2D eigenvalue weighted by molar-refractivity contribution is 14.1. The summed E-state index contributed by atoms with van der Waals surface area (Å²) in [5.41, 5.74) is 1.00. The van der Waals surface area contributed by atoms with Gasteiger partial charge in [-0.1, -0.05) is 40.3 Å². The van der Waals surface area contributed by atoms with Gasteiger partial charge in [-0.2, -0.15) is 4.31 Å². The maximum atomic E-state index is 12.6. The number of ether oxygens (including phenoxy) is 1. The molecule has 1 heterocycles. The average Bonchev–Trinajstić information content (AvgIpc) is 2.61. The van der Waals surface area contributed by atoms with Gasteiger partial charge in [0.05, 0.1) is 17.9 Å². The molecule has 0 bridgehead atoms. The third kappa shape index (κ3) is 3.50. The molecule has 1 aliphatic rings. The summed E-state index contributed by atoms with van der Waals surface area (Å²) < 4.78 is 32.3. The van der Waals surface area contributed by atoms with Crippen molar-refractivity contribution in [1.82, 2.24) is 4.31 Å². The molecular formula is C13H16INO4S. The summed E-state index contributed by atoms with van der Waals surface area (Å²) in [5, 5.41) is 0. The van der Waals surface area contributed by atoms with E-state index >= 15 is 0 Å². The van der Waals surface area contributed by atoms with Gasteiger partial charge in [0.15, 0.2) is 0 Å². The Balaban J connectivity index is 2.28. The number of rotatable bonds is 3. The number of esters is 1. The lowest BCUT2D eigenvalue weighted by Gasteiger charge is -2.22. The van der Waals surface area contributed by atoms with Crippen molar-refractivity contribution < 1.29 is 17.9 Å². The maximum Gasteiger partial charge on any atom is 0.307 e. The van der Waals surface area contributed by atoms with Crippen LogP contribution in [-0.4, -0.2) is 42.3 Å². The molecule has 1 saturated heterocycles. The highest BCUT2D eigenvalue weighted by Gasteiger charge is 2.31. The van der Waals surface area contributed by atoms with E-state index in [0.717, 1.165) is 5.56 Å². The predicted molar refractivity (Wildman–Crippen MR) is 83.3 cm³/mol. The first-order chi connectivity index (χ1) is 9.43. The lowest BCUT2D eigenvalue weighted by Crippen LogP contribution is -2.37. The van der Waals surface area contributed by atoms with E-state index in [2.05, 4.69) is 22.6 Å². The lowest BCUT2D eigenvalue weighted by molar-refractivity contribution is -0.146. The topological polar surface area (TPSA) is 63.7 Å².